The maximum absolute atomic E-state index is 3.48. The van der Waals surface area contributed by atoms with Gasteiger partial charge in [0.2, 0.25) is 0 Å². The second-order valence-electron chi connectivity index (χ2n) is 5.25. The van der Waals surface area contributed by atoms with Crippen molar-refractivity contribution in [2.45, 2.75) is 48.5 Å². The molecule has 0 aliphatic rings. The molecule has 0 radical (unpaired) electrons. The van der Waals surface area contributed by atoms with Crippen LogP contribution >= 0.6 is 0 Å². The maximum Gasteiger partial charge on any atom is 0 e. The SMILES string of the molecule is CC(=[C-]C(C)(C)C)C(C)(C)C.[W]. The van der Waals surface area contributed by atoms with Gasteiger partial charge in [0.15, 0.2) is 0 Å². The summed E-state index contributed by atoms with van der Waals surface area (Å²) in [7, 11) is 0. The molecule has 0 saturated heterocycles. The summed E-state index contributed by atoms with van der Waals surface area (Å²) in [6.07, 6.45) is 3.48. The molecule has 0 spiro atoms. The van der Waals surface area contributed by atoms with Gasteiger partial charge in [-0.1, -0.05) is 48.5 Å². The maximum atomic E-state index is 3.48. The van der Waals surface area contributed by atoms with E-state index in [0.717, 1.165) is 0 Å². The second kappa shape index (κ2) is 4.60. The average molecular weight is 337 g/mol. The molecule has 0 aromatic carbocycles. The fraction of sp³-hybridized carbons (Fsp3) is 0.818. The van der Waals surface area contributed by atoms with E-state index in [2.05, 4.69) is 54.5 Å². The fourth-order valence-electron chi connectivity index (χ4n) is 0.750. The van der Waals surface area contributed by atoms with Crippen LogP contribution in [0.25, 0.3) is 0 Å². The summed E-state index contributed by atoms with van der Waals surface area (Å²) in [5.74, 6) is 0. The van der Waals surface area contributed by atoms with Crippen molar-refractivity contribution < 1.29 is 21.1 Å². The van der Waals surface area contributed by atoms with E-state index in [1.807, 2.05) is 0 Å². The van der Waals surface area contributed by atoms with Crippen molar-refractivity contribution in [1.29, 1.82) is 0 Å². The Kier molecular flexibility index (Phi) is 5.73. The van der Waals surface area contributed by atoms with E-state index in [9.17, 15) is 0 Å². The molecule has 0 aromatic heterocycles. The Morgan fingerprint density at radius 1 is 0.917 bits per heavy atom. The first kappa shape index (κ1) is 14.9. The number of hydrogen-bond donors (Lipinski definition) is 0. The van der Waals surface area contributed by atoms with Gasteiger partial charge in [0.1, 0.15) is 0 Å². The summed E-state index contributed by atoms with van der Waals surface area (Å²) in [5, 5.41) is 0. The van der Waals surface area contributed by atoms with Crippen molar-refractivity contribution in [3.8, 4) is 0 Å². The largest absolute Gasteiger partial charge is 0.491 e. The van der Waals surface area contributed by atoms with Gasteiger partial charge in [0.25, 0.3) is 0 Å². The van der Waals surface area contributed by atoms with Crippen molar-refractivity contribution in [2.75, 3.05) is 0 Å². The Balaban J connectivity index is 0. The van der Waals surface area contributed by atoms with E-state index < -0.39 is 0 Å². The molecule has 0 aliphatic heterocycles. The minimum Gasteiger partial charge on any atom is -0.491 e. The molecule has 0 heterocycles. The summed E-state index contributed by atoms with van der Waals surface area (Å²) in [6, 6.07) is 0. The standard InChI is InChI=1S/C11H21.W/c1-9(11(5,6)7)8-10(2,3)4;/h1-7H3;/q-1;. The van der Waals surface area contributed by atoms with E-state index in [-0.39, 0.29) is 31.9 Å². The minimum atomic E-state index is 0. The van der Waals surface area contributed by atoms with Gasteiger partial charge in [-0.05, 0) is 5.41 Å². The number of allylic oxidation sites excluding steroid dienone is 2. The third kappa shape index (κ3) is 7.10. The van der Waals surface area contributed by atoms with Crippen molar-refractivity contribution in [2.24, 2.45) is 10.8 Å². The van der Waals surface area contributed by atoms with Crippen LogP contribution in [0.4, 0.5) is 0 Å². The minimum absolute atomic E-state index is 0. The van der Waals surface area contributed by atoms with Crippen LogP contribution in [0.3, 0.4) is 0 Å². The fourth-order valence-corrected chi connectivity index (χ4v) is 0.750. The molecule has 0 bridgehead atoms. The molecule has 0 amide bonds. The first-order valence-electron chi connectivity index (χ1n) is 4.25. The van der Waals surface area contributed by atoms with E-state index in [4.69, 9.17) is 0 Å². The zero-order chi connectivity index (χ0) is 9.28. The van der Waals surface area contributed by atoms with Crippen molar-refractivity contribution in [3.63, 3.8) is 0 Å². The van der Waals surface area contributed by atoms with Gasteiger partial charge in [-0.15, -0.1) is 0 Å². The van der Waals surface area contributed by atoms with Gasteiger partial charge in [0, 0.05) is 21.1 Å². The molecule has 0 saturated carbocycles. The van der Waals surface area contributed by atoms with Crippen LogP contribution in [0.15, 0.2) is 5.57 Å². The van der Waals surface area contributed by atoms with Crippen LogP contribution in [-0.2, 0) is 21.1 Å². The summed E-state index contributed by atoms with van der Waals surface area (Å²) in [5.41, 5.74) is 1.81. The molecule has 0 rings (SSSR count). The molecule has 0 fully saturated rings. The van der Waals surface area contributed by atoms with Gasteiger partial charge >= 0.3 is 0 Å². The monoisotopic (exact) mass is 337 g/mol. The topological polar surface area (TPSA) is 0 Å². The predicted octanol–water partition coefficient (Wildman–Crippen LogP) is 3.83. The van der Waals surface area contributed by atoms with E-state index in [1.165, 1.54) is 5.57 Å². The van der Waals surface area contributed by atoms with Crippen molar-refractivity contribution >= 4 is 0 Å². The molecular formula is C11H21W-. The number of hydrogen-bond acceptors (Lipinski definition) is 0. The molecule has 72 valence electrons. The summed E-state index contributed by atoms with van der Waals surface area (Å²) in [6.45, 7) is 15.4. The molecule has 0 atom stereocenters. The molecular weight excluding hydrogens is 316 g/mol. The van der Waals surface area contributed by atoms with Crippen LogP contribution in [0.5, 0.6) is 0 Å². The Morgan fingerprint density at radius 2 is 1.25 bits per heavy atom. The predicted molar refractivity (Wildman–Crippen MR) is 51.3 cm³/mol. The summed E-state index contributed by atoms with van der Waals surface area (Å²) >= 11 is 0. The third-order valence-electron chi connectivity index (χ3n) is 1.69. The molecule has 1 heteroatoms. The van der Waals surface area contributed by atoms with Crippen LogP contribution < -0.4 is 0 Å². The summed E-state index contributed by atoms with van der Waals surface area (Å²) < 4.78 is 0. The van der Waals surface area contributed by atoms with Crippen LogP contribution in [0.2, 0.25) is 0 Å². The van der Waals surface area contributed by atoms with Gasteiger partial charge in [-0.25, -0.2) is 0 Å². The van der Waals surface area contributed by atoms with Gasteiger partial charge in [-0.2, -0.15) is 5.41 Å². The first-order chi connectivity index (χ1) is 4.63. The summed E-state index contributed by atoms with van der Waals surface area (Å²) in [4.78, 5) is 0. The van der Waals surface area contributed by atoms with Crippen molar-refractivity contribution in [3.05, 3.63) is 11.6 Å². The molecule has 0 aromatic rings. The average Bonchev–Trinajstić information content (AvgIpc) is 1.56. The number of rotatable bonds is 0. The van der Waals surface area contributed by atoms with Gasteiger partial charge in [-0.3, -0.25) is 5.57 Å². The quantitative estimate of drug-likeness (QED) is 0.590. The second-order valence-corrected chi connectivity index (χ2v) is 5.25. The molecule has 0 N–H and O–H groups in total. The Morgan fingerprint density at radius 3 is 1.33 bits per heavy atom. The third-order valence-corrected chi connectivity index (χ3v) is 1.69. The molecule has 0 aliphatic carbocycles. The van der Waals surface area contributed by atoms with Crippen LogP contribution in [0, 0.1) is 16.9 Å². The molecule has 12 heavy (non-hydrogen) atoms. The zero-order valence-electron chi connectivity index (χ0n) is 9.41. The smallest absolute Gasteiger partial charge is 0 e. The Bertz CT molecular complexity index is 153. The first-order valence-corrected chi connectivity index (χ1v) is 4.25. The van der Waals surface area contributed by atoms with E-state index >= 15 is 0 Å². The van der Waals surface area contributed by atoms with Crippen LogP contribution in [-0.4, -0.2) is 0 Å². The molecule has 0 unspecified atom stereocenters. The normalized spacial score (nSPS) is 14.1. The van der Waals surface area contributed by atoms with Crippen LogP contribution in [0.1, 0.15) is 48.5 Å². The van der Waals surface area contributed by atoms with E-state index in [1.54, 1.807) is 0 Å². The zero-order valence-corrected chi connectivity index (χ0v) is 12.3. The van der Waals surface area contributed by atoms with Gasteiger partial charge < -0.3 is 6.08 Å². The van der Waals surface area contributed by atoms with Gasteiger partial charge in [0.05, 0.1) is 0 Å². The Hall–Kier alpha value is 0.428. The molecule has 0 nitrogen and oxygen atoms in total. The van der Waals surface area contributed by atoms with E-state index in [0.29, 0.717) is 0 Å². The Labute approximate surface area is 92.1 Å². The van der Waals surface area contributed by atoms with Crippen molar-refractivity contribution in [1.82, 2.24) is 0 Å².